The van der Waals surface area contributed by atoms with Gasteiger partial charge in [0.15, 0.2) is 0 Å². The van der Waals surface area contributed by atoms with Crippen molar-refractivity contribution in [3.63, 3.8) is 0 Å². The molecule has 5 nitrogen and oxygen atoms in total. The lowest BCUT2D eigenvalue weighted by atomic mass is 9.85. The lowest BCUT2D eigenvalue weighted by Crippen LogP contribution is -2.38. The Morgan fingerprint density at radius 1 is 0.788 bits per heavy atom. The molecule has 5 heteroatoms. The molecule has 0 radical (unpaired) electrons. The van der Waals surface area contributed by atoms with E-state index in [1.807, 2.05) is 4.90 Å². The number of hydrogen-bond donors (Lipinski definition) is 0. The summed E-state index contributed by atoms with van der Waals surface area (Å²) in [4.78, 5) is 41.6. The summed E-state index contributed by atoms with van der Waals surface area (Å²) in [5.74, 6) is -0.195. The van der Waals surface area contributed by atoms with Crippen molar-refractivity contribution in [2.75, 3.05) is 18.0 Å². The molecule has 0 unspecified atom stereocenters. The molecule has 0 saturated carbocycles. The predicted molar refractivity (Wildman–Crippen MR) is 128 cm³/mol. The molecule has 5 rings (SSSR count). The van der Waals surface area contributed by atoms with Crippen LogP contribution in [0.4, 0.5) is 5.69 Å². The minimum Gasteiger partial charge on any atom is -0.339 e. The fourth-order valence-electron chi connectivity index (χ4n) is 4.97. The Morgan fingerprint density at radius 2 is 1.39 bits per heavy atom. The minimum atomic E-state index is -0.330. The van der Waals surface area contributed by atoms with Crippen LogP contribution in [0.1, 0.15) is 66.5 Å². The number of carbonyl (C=O) groups is 3. The lowest BCUT2D eigenvalue weighted by Gasteiger charge is -2.33. The van der Waals surface area contributed by atoms with Gasteiger partial charge in [0, 0.05) is 18.7 Å². The zero-order valence-electron chi connectivity index (χ0n) is 18.9. The van der Waals surface area contributed by atoms with E-state index in [9.17, 15) is 14.4 Å². The zero-order chi connectivity index (χ0) is 23.1. The molecule has 0 N–H and O–H groups in total. The smallest absolute Gasteiger partial charge is 0.266 e. The molecule has 1 saturated heterocycles. The first kappa shape index (κ1) is 21.1. The van der Waals surface area contributed by atoms with Gasteiger partial charge in [-0.3, -0.25) is 14.4 Å². The number of anilines is 1. The number of piperidine rings is 1. The van der Waals surface area contributed by atoms with Gasteiger partial charge in [0.1, 0.15) is 0 Å². The number of amides is 3. The fraction of sp³-hybridized carbons (Fsp3) is 0.250. The van der Waals surface area contributed by atoms with Gasteiger partial charge in [-0.1, -0.05) is 30.3 Å². The van der Waals surface area contributed by atoms with Crippen LogP contribution in [-0.4, -0.2) is 35.7 Å². The normalized spacial score (nSPS) is 16.3. The van der Waals surface area contributed by atoms with Gasteiger partial charge in [0.25, 0.3) is 17.7 Å². The Balaban J connectivity index is 1.27. The van der Waals surface area contributed by atoms with Crippen molar-refractivity contribution >= 4 is 23.4 Å². The van der Waals surface area contributed by atoms with Gasteiger partial charge >= 0.3 is 0 Å². The van der Waals surface area contributed by atoms with Crippen molar-refractivity contribution in [1.82, 2.24) is 4.90 Å². The van der Waals surface area contributed by atoms with E-state index in [0.717, 1.165) is 25.9 Å². The molecule has 33 heavy (non-hydrogen) atoms. The summed E-state index contributed by atoms with van der Waals surface area (Å²) in [6, 6.07) is 20.1. The SMILES string of the molecule is Cc1cccc(C2CCN(C(=O)c3ccc(N4C(=O)c5ccccc5C4=O)cc3)CC2)c1C. The summed E-state index contributed by atoms with van der Waals surface area (Å²) in [5.41, 5.74) is 5.93. The number of hydrogen-bond acceptors (Lipinski definition) is 3. The van der Waals surface area contributed by atoms with Crippen LogP contribution in [0.2, 0.25) is 0 Å². The summed E-state index contributed by atoms with van der Waals surface area (Å²) in [6.07, 6.45) is 1.90. The highest BCUT2D eigenvalue weighted by molar-refractivity contribution is 6.34. The molecule has 0 bridgehead atoms. The summed E-state index contributed by atoms with van der Waals surface area (Å²) < 4.78 is 0. The number of carbonyl (C=O) groups excluding carboxylic acids is 3. The first-order chi connectivity index (χ1) is 16.0. The van der Waals surface area contributed by atoms with Crippen LogP contribution in [0.15, 0.2) is 66.7 Å². The molecule has 0 spiro atoms. The maximum absolute atomic E-state index is 13.1. The summed E-state index contributed by atoms with van der Waals surface area (Å²) >= 11 is 0. The van der Waals surface area contributed by atoms with E-state index in [0.29, 0.717) is 28.3 Å². The standard InChI is InChI=1S/C28H26N2O3/c1-18-6-5-9-23(19(18)2)20-14-16-29(17-15-20)26(31)21-10-12-22(13-11-21)30-27(32)24-7-3-4-8-25(24)28(30)33/h3-13,20H,14-17H2,1-2H3. The molecule has 3 aromatic carbocycles. The Labute approximate surface area is 193 Å². The van der Waals surface area contributed by atoms with Gasteiger partial charge in [-0.05, 0) is 85.7 Å². The third kappa shape index (κ3) is 3.63. The number of likely N-dealkylation sites (tertiary alicyclic amines) is 1. The highest BCUT2D eigenvalue weighted by Gasteiger charge is 2.36. The van der Waals surface area contributed by atoms with Crippen molar-refractivity contribution in [3.05, 3.63) is 100 Å². The van der Waals surface area contributed by atoms with Gasteiger partial charge in [0.05, 0.1) is 16.8 Å². The molecular formula is C28H26N2O3. The highest BCUT2D eigenvalue weighted by Crippen LogP contribution is 2.32. The minimum absolute atomic E-state index is 0.0108. The second-order valence-corrected chi connectivity index (χ2v) is 8.89. The van der Waals surface area contributed by atoms with E-state index >= 15 is 0 Å². The molecular weight excluding hydrogens is 412 g/mol. The molecule has 0 atom stereocenters. The van der Waals surface area contributed by atoms with Crippen LogP contribution >= 0.6 is 0 Å². The second-order valence-electron chi connectivity index (χ2n) is 8.89. The quantitative estimate of drug-likeness (QED) is 0.533. The number of fused-ring (bicyclic) bond motifs is 1. The van der Waals surface area contributed by atoms with E-state index < -0.39 is 0 Å². The maximum Gasteiger partial charge on any atom is 0.266 e. The van der Waals surface area contributed by atoms with Crippen molar-refractivity contribution < 1.29 is 14.4 Å². The van der Waals surface area contributed by atoms with Gasteiger partial charge < -0.3 is 4.90 Å². The third-order valence-corrected chi connectivity index (χ3v) is 7.04. The Hall–Kier alpha value is -3.73. The van der Waals surface area contributed by atoms with Crippen molar-refractivity contribution in [2.45, 2.75) is 32.6 Å². The summed E-state index contributed by atoms with van der Waals surface area (Å²) in [5, 5.41) is 0. The second kappa shape index (κ2) is 8.32. The maximum atomic E-state index is 13.1. The van der Waals surface area contributed by atoms with E-state index in [1.165, 1.54) is 21.6 Å². The van der Waals surface area contributed by atoms with E-state index in [-0.39, 0.29) is 17.7 Å². The number of imide groups is 1. The Kier molecular flexibility index (Phi) is 5.33. The van der Waals surface area contributed by atoms with Crippen molar-refractivity contribution in [3.8, 4) is 0 Å². The molecule has 3 aromatic rings. The molecule has 2 heterocycles. The topological polar surface area (TPSA) is 57.7 Å². The lowest BCUT2D eigenvalue weighted by molar-refractivity contribution is 0.0712. The Morgan fingerprint density at radius 3 is 2.00 bits per heavy atom. The molecule has 2 aliphatic rings. The van der Waals surface area contributed by atoms with Gasteiger partial charge in [0.2, 0.25) is 0 Å². The number of nitrogens with zero attached hydrogens (tertiary/aromatic N) is 2. The van der Waals surface area contributed by atoms with E-state index in [1.54, 1.807) is 48.5 Å². The number of rotatable bonds is 3. The Bertz CT molecular complexity index is 1220. The predicted octanol–water partition coefficient (Wildman–Crippen LogP) is 5.12. The van der Waals surface area contributed by atoms with Crippen molar-refractivity contribution in [2.24, 2.45) is 0 Å². The first-order valence-corrected chi connectivity index (χ1v) is 11.4. The van der Waals surface area contributed by atoms with Crippen LogP contribution < -0.4 is 4.90 Å². The van der Waals surface area contributed by atoms with Crippen LogP contribution in [0.5, 0.6) is 0 Å². The molecule has 166 valence electrons. The van der Waals surface area contributed by atoms with Crippen molar-refractivity contribution in [1.29, 1.82) is 0 Å². The largest absolute Gasteiger partial charge is 0.339 e. The molecule has 0 aliphatic carbocycles. The van der Waals surface area contributed by atoms with E-state index in [4.69, 9.17) is 0 Å². The van der Waals surface area contributed by atoms with Crippen LogP contribution in [0.3, 0.4) is 0 Å². The fourth-order valence-corrected chi connectivity index (χ4v) is 4.97. The molecule has 1 fully saturated rings. The summed E-state index contributed by atoms with van der Waals surface area (Å²) in [6.45, 7) is 5.76. The monoisotopic (exact) mass is 438 g/mol. The highest BCUT2D eigenvalue weighted by atomic mass is 16.2. The van der Waals surface area contributed by atoms with Gasteiger partial charge in [-0.2, -0.15) is 0 Å². The molecule has 2 aliphatic heterocycles. The number of aryl methyl sites for hydroxylation is 1. The molecule has 0 aromatic heterocycles. The van der Waals surface area contributed by atoms with Crippen LogP contribution in [0.25, 0.3) is 0 Å². The zero-order valence-corrected chi connectivity index (χ0v) is 18.9. The van der Waals surface area contributed by atoms with Crippen LogP contribution in [0, 0.1) is 13.8 Å². The first-order valence-electron chi connectivity index (χ1n) is 11.4. The van der Waals surface area contributed by atoms with E-state index in [2.05, 4.69) is 32.0 Å². The molecule has 3 amide bonds. The van der Waals surface area contributed by atoms with Gasteiger partial charge in [-0.15, -0.1) is 0 Å². The average molecular weight is 439 g/mol. The number of benzene rings is 3. The summed E-state index contributed by atoms with van der Waals surface area (Å²) in [7, 11) is 0. The third-order valence-electron chi connectivity index (χ3n) is 7.04. The average Bonchev–Trinajstić information content (AvgIpc) is 3.11. The van der Waals surface area contributed by atoms with Crippen LogP contribution in [-0.2, 0) is 0 Å². The van der Waals surface area contributed by atoms with Gasteiger partial charge in [-0.25, -0.2) is 4.90 Å².